The summed E-state index contributed by atoms with van der Waals surface area (Å²) in [5, 5.41) is 8.84. The van der Waals surface area contributed by atoms with E-state index in [2.05, 4.69) is 52.0 Å². The Kier molecular flexibility index (Phi) is 8.93. The summed E-state index contributed by atoms with van der Waals surface area (Å²) in [6, 6.07) is 8.54. The molecular weight excluding hydrogens is 302 g/mol. The molecule has 0 atom stereocenters. The molecule has 1 rings (SSSR count). The Labute approximate surface area is 126 Å². The molecule has 0 saturated carbocycles. The van der Waals surface area contributed by atoms with E-state index in [9.17, 15) is 0 Å². The summed E-state index contributed by atoms with van der Waals surface area (Å²) in [5.74, 6) is 0. The molecule has 0 aliphatic carbocycles. The topological polar surface area (TPSA) is 23.5 Å². The Bertz CT molecular complexity index is 343. The van der Waals surface area contributed by atoms with Crippen LogP contribution in [0.1, 0.15) is 45.4 Å². The normalized spacial score (nSPS) is 10.7. The van der Waals surface area contributed by atoms with Crippen molar-refractivity contribution >= 4 is 21.6 Å². The Balaban J connectivity index is 2.52. The third kappa shape index (κ3) is 6.98. The van der Waals surface area contributed by atoms with Gasteiger partial charge in [-0.2, -0.15) is 0 Å². The van der Waals surface area contributed by atoms with E-state index in [0.717, 1.165) is 36.8 Å². The van der Waals surface area contributed by atoms with Gasteiger partial charge in [-0.05, 0) is 43.9 Å². The molecule has 1 aromatic carbocycles. The van der Waals surface area contributed by atoms with E-state index in [0.29, 0.717) is 6.61 Å². The van der Waals surface area contributed by atoms with Crippen molar-refractivity contribution in [1.82, 2.24) is 0 Å². The number of benzene rings is 1. The van der Waals surface area contributed by atoms with Crippen LogP contribution in [0.3, 0.4) is 0 Å². The molecule has 108 valence electrons. The second-order valence-electron chi connectivity index (χ2n) is 4.96. The lowest BCUT2D eigenvalue weighted by Gasteiger charge is -2.25. The fourth-order valence-corrected chi connectivity index (χ4v) is 2.57. The zero-order valence-electron chi connectivity index (χ0n) is 11.9. The predicted molar refractivity (Wildman–Crippen MR) is 86.8 cm³/mol. The van der Waals surface area contributed by atoms with Crippen molar-refractivity contribution in [2.75, 3.05) is 24.6 Å². The molecule has 0 radical (unpaired) electrons. The van der Waals surface area contributed by atoms with Crippen LogP contribution in [0.25, 0.3) is 0 Å². The number of hydrogen-bond acceptors (Lipinski definition) is 2. The highest BCUT2D eigenvalue weighted by Crippen LogP contribution is 2.21. The van der Waals surface area contributed by atoms with Gasteiger partial charge in [-0.1, -0.05) is 41.8 Å². The first-order chi connectivity index (χ1) is 9.27. The lowest BCUT2D eigenvalue weighted by atomic mass is 10.2. The van der Waals surface area contributed by atoms with E-state index >= 15 is 0 Å². The van der Waals surface area contributed by atoms with E-state index in [1.165, 1.54) is 24.9 Å². The number of hydrogen-bond donors (Lipinski definition) is 1. The average molecular weight is 328 g/mol. The molecule has 0 aliphatic heterocycles. The SMILES string of the molecule is CCCCCN(CCCCCO)c1cccc(Br)c1. The van der Waals surface area contributed by atoms with Gasteiger partial charge in [0.1, 0.15) is 0 Å². The van der Waals surface area contributed by atoms with Crippen LogP contribution in [-0.4, -0.2) is 24.8 Å². The van der Waals surface area contributed by atoms with Crippen LogP contribution in [0.4, 0.5) is 5.69 Å². The Morgan fingerprint density at radius 2 is 1.79 bits per heavy atom. The number of nitrogens with zero attached hydrogens (tertiary/aromatic N) is 1. The second-order valence-corrected chi connectivity index (χ2v) is 5.87. The molecule has 2 nitrogen and oxygen atoms in total. The number of halogens is 1. The predicted octanol–water partition coefficient (Wildman–Crippen LogP) is 4.61. The van der Waals surface area contributed by atoms with Crippen molar-refractivity contribution in [2.45, 2.75) is 45.4 Å². The lowest BCUT2D eigenvalue weighted by Crippen LogP contribution is -2.25. The van der Waals surface area contributed by atoms with Crippen molar-refractivity contribution in [3.05, 3.63) is 28.7 Å². The monoisotopic (exact) mass is 327 g/mol. The maximum Gasteiger partial charge on any atom is 0.0431 e. The third-order valence-electron chi connectivity index (χ3n) is 3.29. The van der Waals surface area contributed by atoms with Crippen LogP contribution >= 0.6 is 15.9 Å². The number of unbranched alkanes of at least 4 members (excludes halogenated alkanes) is 4. The van der Waals surface area contributed by atoms with E-state index in [-0.39, 0.29) is 0 Å². The lowest BCUT2D eigenvalue weighted by molar-refractivity contribution is 0.283. The Morgan fingerprint density at radius 3 is 2.42 bits per heavy atom. The number of aliphatic hydroxyl groups excluding tert-OH is 1. The molecule has 0 heterocycles. The maximum atomic E-state index is 8.84. The summed E-state index contributed by atoms with van der Waals surface area (Å²) in [6.45, 7) is 4.76. The summed E-state index contributed by atoms with van der Waals surface area (Å²) in [5.41, 5.74) is 1.30. The number of rotatable bonds is 10. The van der Waals surface area contributed by atoms with E-state index in [1.54, 1.807) is 0 Å². The molecule has 0 saturated heterocycles. The molecule has 0 spiro atoms. The van der Waals surface area contributed by atoms with Crippen LogP contribution in [0.2, 0.25) is 0 Å². The van der Waals surface area contributed by atoms with Crippen LogP contribution in [0, 0.1) is 0 Å². The summed E-state index contributed by atoms with van der Waals surface area (Å²) >= 11 is 3.55. The number of anilines is 1. The first kappa shape index (κ1) is 16.5. The fraction of sp³-hybridized carbons (Fsp3) is 0.625. The molecule has 0 aliphatic rings. The van der Waals surface area contributed by atoms with Crippen molar-refractivity contribution in [2.24, 2.45) is 0 Å². The van der Waals surface area contributed by atoms with Gasteiger partial charge in [-0.25, -0.2) is 0 Å². The minimum atomic E-state index is 0.312. The largest absolute Gasteiger partial charge is 0.396 e. The van der Waals surface area contributed by atoms with Crippen LogP contribution < -0.4 is 4.90 Å². The molecule has 0 aromatic heterocycles. The van der Waals surface area contributed by atoms with Crippen molar-refractivity contribution in [3.8, 4) is 0 Å². The Morgan fingerprint density at radius 1 is 1.05 bits per heavy atom. The molecule has 19 heavy (non-hydrogen) atoms. The van der Waals surface area contributed by atoms with E-state index in [4.69, 9.17) is 5.11 Å². The minimum Gasteiger partial charge on any atom is -0.396 e. The summed E-state index contributed by atoms with van der Waals surface area (Å²) < 4.78 is 1.14. The van der Waals surface area contributed by atoms with Gasteiger partial charge in [0.2, 0.25) is 0 Å². The van der Waals surface area contributed by atoms with Gasteiger partial charge in [0.25, 0.3) is 0 Å². The highest BCUT2D eigenvalue weighted by molar-refractivity contribution is 9.10. The van der Waals surface area contributed by atoms with Gasteiger partial charge >= 0.3 is 0 Å². The zero-order valence-corrected chi connectivity index (χ0v) is 13.5. The molecular formula is C16H26BrNO. The van der Waals surface area contributed by atoms with Crippen LogP contribution in [-0.2, 0) is 0 Å². The summed E-state index contributed by atoms with van der Waals surface area (Å²) in [6.07, 6.45) is 6.98. The first-order valence-corrected chi connectivity index (χ1v) is 8.18. The minimum absolute atomic E-state index is 0.312. The molecule has 0 amide bonds. The second kappa shape index (κ2) is 10.3. The van der Waals surface area contributed by atoms with E-state index in [1.807, 2.05) is 0 Å². The first-order valence-electron chi connectivity index (χ1n) is 7.39. The van der Waals surface area contributed by atoms with Gasteiger partial charge in [0.05, 0.1) is 0 Å². The molecule has 0 unspecified atom stereocenters. The third-order valence-corrected chi connectivity index (χ3v) is 3.78. The fourth-order valence-electron chi connectivity index (χ4n) is 2.19. The maximum absolute atomic E-state index is 8.84. The molecule has 0 bridgehead atoms. The van der Waals surface area contributed by atoms with E-state index < -0.39 is 0 Å². The smallest absolute Gasteiger partial charge is 0.0431 e. The zero-order chi connectivity index (χ0) is 13.9. The van der Waals surface area contributed by atoms with Gasteiger partial charge in [0.15, 0.2) is 0 Å². The van der Waals surface area contributed by atoms with Gasteiger partial charge in [-0.15, -0.1) is 0 Å². The standard InChI is InChI=1S/C16H26BrNO/c1-2-3-5-11-18(12-6-4-7-13-19)16-10-8-9-15(17)14-16/h8-10,14,19H,2-7,11-13H2,1H3. The van der Waals surface area contributed by atoms with Gasteiger partial charge in [-0.3, -0.25) is 0 Å². The van der Waals surface area contributed by atoms with Crippen molar-refractivity contribution in [1.29, 1.82) is 0 Å². The summed E-state index contributed by atoms with van der Waals surface area (Å²) in [7, 11) is 0. The van der Waals surface area contributed by atoms with Crippen molar-refractivity contribution in [3.63, 3.8) is 0 Å². The van der Waals surface area contributed by atoms with Crippen LogP contribution in [0.5, 0.6) is 0 Å². The average Bonchev–Trinajstić information content (AvgIpc) is 2.41. The van der Waals surface area contributed by atoms with Gasteiger partial charge < -0.3 is 10.0 Å². The highest BCUT2D eigenvalue weighted by Gasteiger charge is 2.06. The Hall–Kier alpha value is -0.540. The molecule has 1 N–H and O–H groups in total. The van der Waals surface area contributed by atoms with Crippen LogP contribution in [0.15, 0.2) is 28.7 Å². The number of aliphatic hydroxyl groups is 1. The molecule has 3 heteroatoms. The summed E-state index contributed by atoms with van der Waals surface area (Å²) in [4.78, 5) is 2.47. The molecule has 1 aromatic rings. The quantitative estimate of drug-likeness (QED) is 0.634. The van der Waals surface area contributed by atoms with Crippen molar-refractivity contribution < 1.29 is 5.11 Å². The van der Waals surface area contributed by atoms with Gasteiger partial charge in [0, 0.05) is 29.9 Å². The molecule has 0 fully saturated rings. The highest BCUT2D eigenvalue weighted by atomic mass is 79.9.